The van der Waals surface area contributed by atoms with E-state index in [2.05, 4.69) is 34.4 Å². The lowest BCUT2D eigenvalue weighted by Crippen LogP contribution is -2.18. The highest BCUT2D eigenvalue weighted by molar-refractivity contribution is 7.99. The lowest BCUT2D eigenvalue weighted by Gasteiger charge is -2.08. The molecule has 1 aromatic heterocycles. The van der Waals surface area contributed by atoms with Crippen LogP contribution in [0, 0.1) is 0 Å². The maximum absolute atomic E-state index is 12.0. The van der Waals surface area contributed by atoms with E-state index in [1.165, 1.54) is 28.7 Å². The highest BCUT2D eigenvalue weighted by Gasteiger charge is 2.12. The molecule has 0 aliphatic carbocycles. The molecule has 148 valence electrons. The summed E-state index contributed by atoms with van der Waals surface area (Å²) in [6, 6.07) is 11.7. The van der Waals surface area contributed by atoms with Crippen LogP contribution >= 0.6 is 23.1 Å². The summed E-state index contributed by atoms with van der Waals surface area (Å²) < 4.78 is 5.60. The lowest BCUT2D eigenvalue weighted by atomic mass is 10.1. The number of thiophene rings is 1. The third-order valence-corrected chi connectivity index (χ3v) is 5.19. The van der Waals surface area contributed by atoms with Gasteiger partial charge in [0.1, 0.15) is 10.9 Å². The number of amides is 2. The minimum absolute atomic E-state index is 0.176. The molecular formula is C19H22N4O3S2. The molecule has 0 radical (unpaired) electrons. The van der Waals surface area contributed by atoms with Crippen LogP contribution in [0.1, 0.15) is 28.8 Å². The topological polar surface area (TPSA) is 106 Å². The van der Waals surface area contributed by atoms with Crippen LogP contribution in [-0.4, -0.2) is 36.1 Å². The number of rotatable bonds is 11. The van der Waals surface area contributed by atoms with E-state index in [0.29, 0.717) is 22.9 Å². The van der Waals surface area contributed by atoms with Crippen molar-refractivity contribution in [2.24, 2.45) is 15.9 Å². The van der Waals surface area contributed by atoms with Gasteiger partial charge in [-0.2, -0.15) is 5.10 Å². The molecule has 2 rings (SSSR count). The number of hydrogen-bond donors (Lipinski definition) is 2. The van der Waals surface area contributed by atoms with E-state index in [4.69, 9.17) is 10.5 Å². The molecule has 0 aliphatic rings. The molecule has 0 fully saturated rings. The molecule has 3 N–H and O–H groups in total. The second-order valence-corrected chi connectivity index (χ2v) is 7.51. The molecule has 0 spiro atoms. The fourth-order valence-corrected chi connectivity index (χ4v) is 3.69. The predicted molar refractivity (Wildman–Crippen MR) is 116 cm³/mol. The van der Waals surface area contributed by atoms with Crippen molar-refractivity contribution in [2.75, 3.05) is 17.0 Å². The summed E-state index contributed by atoms with van der Waals surface area (Å²) in [5, 5.41) is 12.3. The number of thioether (sulfide) groups is 1. The smallest absolute Gasteiger partial charge is 0.251 e. The summed E-state index contributed by atoms with van der Waals surface area (Å²) in [7, 11) is 0. The Kier molecular flexibility index (Phi) is 9.23. The number of carbonyl (C=O) groups is 2. The number of carbonyl (C=O) groups excluding carboxylic acids is 2. The zero-order valence-corrected chi connectivity index (χ0v) is 16.9. The third kappa shape index (κ3) is 7.53. The van der Waals surface area contributed by atoms with Crippen LogP contribution in [0.2, 0.25) is 0 Å². The number of primary amides is 1. The number of nitrogens with one attached hydrogen (secondary N) is 1. The van der Waals surface area contributed by atoms with Crippen LogP contribution in [0.3, 0.4) is 0 Å². The van der Waals surface area contributed by atoms with Crippen LogP contribution in [0.5, 0.6) is 0 Å². The highest BCUT2D eigenvalue weighted by Crippen LogP contribution is 2.22. The number of hydrogen-bond acceptors (Lipinski definition) is 7. The minimum Gasteiger partial charge on any atom is -0.469 e. The van der Waals surface area contributed by atoms with Gasteiger partial charge in [-0.05, 0) is 29.9 Å². The average Bonchev–Trinajstić information content (AvgIpc) is 3.14. The van der Waals surface area contributed by atoms with Crippen molar-refractivity contribution >= 4 is 52.5 Å². The molecule has 0 bridgehead atoms. The molecule has 0 saturated carbocycles. The van der Waals surface area contributed by atoms with Crippen LogP contribution in [-0.2, 0) is 16.0 Å². The molecule has 0 aliphatic heterocycles. The largest absolute Gasteiger partial charge is 0.469 e. The minimum atomic E-state index is -0.569. The van der Waals surface area contributed by atoms with E-state index in [1.54, 1.807) is 11.4 Å². The summed E-state index contributed by atoms with van der Waals surface area (Å²) in [4.78, 5) is 23.3. The van der Waals surface area contributed by atoms with Crippen molar-refractivity contribution in [3.8, 4) is 0 Å². The second kappa shape index (κ2) is 11.9. The van der Waals surface area contributed by atoms with Crippen LogP contribution in [0.25, 0.3) is 0 Å². The van der Waals surface area contributed by atoms with E-state index < -0.39 is 5.91 Å². The van der Waals surface area contributed by atoms with Crippen molar-refractivity contribution in [2.45, 2.75) is 19.3 Å². The van der Waals surface area contributed by atoms with Crippen molar-refractivity contribution in [1.29, 1.82) is 0 Å². The Morgan fingerprint density at radius 2 is 2.04 bits per heavy atom. The van der Waals surface area contributed by atoms with Gasteiger partial charge in [0.25, 0.3) is 5.91 Å². The van der Waals surface area contributed by atoms with Gasteiger partial charge in [-0.25, -0.2) is 0 Å². The van der Waals surface area contributed by atoms with Gasteiger partial charge >= 0.3 is 0 Å². The lowest BCUT2D eigenvalue weighted by molar-refractivity contribution is -0.113. The maximum Gasteiger partial charge on any atom is 0.251 e. The molecule has 2 aromatic rings. The Labute approximate surface area is 172 Å². The summed E-state index contributed by atoms with van der Waals surface area (Å²) >= 11 is 2.55. The first-order chi connectivity index (χ1) is 13.6. The molecule has 0 unspecified atom stereocenters. The van der Waals surface area contributed by atoms with Crippen molar-refractivity contribution in [3.05, 3.63) is 52.9 Å². The number of anilines is 1. The fraction of sp³-hybridized carbons (Fsp3) is 0.263. The van der Waals surface area contributed by atoms with Gasteiger partial charge in [0, 0.05) is 13.1 Å². The van der Waals surface area contributed by atoms with Crippen molar-refractivity contribution in [1.82, 2.24) is 0 Å². The molecule has 1 heterocycles. The average molecular weight is 419 g/mol. The van der Waals surface area contributed by atoms with E-state index in [9.17, 15) is 9.59 Å². The van der Waals surface area contributed by atoms with Crippen LogP contribution < -0.4 is 11.1 Å². The third-order valence-electron chi connectivity index (χ3n) is 3.61. The number of nitrogens with two attached hydrogens (primary N) is 1. The van der Waals surface area contributed by atoms with E-state index in [1.807, 2.05) is 18.2 Å². The highest BCUT2D eigenvalue weighted by atomic mass is 32.2. The van der Waals surface area contributed by atoms with E-state index >= 15 is 0 Å². The number of benzene rings is 1. The van der Waals surface area contributed by atoms with Crippen molar-refractivity contribution < 1.29 is 14.3 Å². The summed E-state index contributed by atoms with van der Waals surface area (Å²) in [5.41, 5.74) is 6.82. The van der Waals surface area contributed by atoms with E-state index in [0.717, 1.165) is 12.8 Å². The van der Waals surface area contributed by atoms with Crippen molar-refractivity contribution in [3.63, 3.8) is 0 Å². The quantitative estimate of drug-likeness (QED) is 0.191. The Morgan fingerprint density at radius 1 is 1.25 bits per heavy atom. The van der Waals surface area contributed by atoms with Gasteiger partial charge in [0.2, 0.25) is 11.8 Å². The first-order valence-electron chi connectivity index (χ1n) is 8.54. The Morgan fingerprint density at radius 3 is 2.75 bits per heavy atom. The SMILES string of the molecule is C=N/N=C(/CCCc1ccccc1)OCSCC(=O)Nc1sccc1C(N)=O. The molecule has 28 heavy (non-hydrogen) atoms. The molecule has 0 atom stereocenters. The number of aryl methyl sites for hydroxylation is 1. The Hall–Kier alpha value is -2.65. The van der Waals surface area contributed by atoms with Gasteiger partial charge < -0.3 is 15.8 Å². The fourth-order valence-electron chi connectivity index (χ4n) is 2.33. The summed E-state index contributed by atoms with van der Waals surface area (Å²) in [6.45, 7) is 3.36. The van der Waals surface area contributed by atoms with Gasteiger partial charge in [0.05, 0.1) is 11.3 Å². The second-order valence-electron chi connectivity index (χ2n) is 5.66. The first-order valence-corrected chi connectivity index (χ1v) is 10.6. The standard InChI is InChI=1S/C19H22N4O3S2/c1-21-23-17(9-5-8-14-6-3-2-4-7-14)26-13-27-12-16(24)22-19-15(18(20)25)10-11-28-19/h2-4,6-7,10-11H,1,5,8-9,12-13H2,(H2,20,25)(H,22,24)/b23-17-. The van der Waals surface area contributed by atoms with Crippen LogP contribution in [0.4, 0.5) is 5.00 Å². The monoisotopic (exact) mass is 418 g/mol. The Balaban J connectivity index is 1.68. The van der Waals surface area contributed by atoms with Crippen LogP contribution in [0.15, 0.2) is 52.0 Å². The normalized spacial score (nSPS) is 11.1. The van der Waals surface area contributed by atoms with Gasteiger partial charge in [-0.3, -0.25) is 9.59 Å². The maximum atomic E-state index is 12.0. The predicted octanol–water partition coefficient (Wildman–Crippen LogP) is 3.53. The number of nitrogens with zero attached hydrogens (tertiary/aromatic N) is 2. The summed E-state index contributed by atoms with van der Waals surface area (Å²) in [6.07, 6.45) is 2.43. The molecule has 1 aromatic carbocycles. The zero-order valence-electron chi connectivity index (χ0n) is 15.3. The number of ether oxygens (including phenoxy) is 1. The zero-order chi connectivity index (χ0) is 20.2. The Bertz CT molecular complexity index is 822. The molecule has 7 nitrogen and oxygen atoms in total. The molecular weight excluding hydrogens is 396 g/mol. The van der Waals surface area contributed by atoms with Gasteiger partial charge in [-0.1, -0.05) is 30.3 Å². The van der Waals surface area contributed by atoms with E-state index in [-0.39, 0.29) is 17.6 Å². The molecule has 2 amide bonds. The first kappa shape index (κ1) is 21.6. The molecule has 9 heteroatoms. The van der Waals surface area contributed by atoms with Gasteiger partial charge in [-0.15, -0.1) is 28.2 Å². The van der Waals surface area contributed by atoms with Gasteiger partial charge in [0.15, 0.2) is 0 Å². The summed E-state index contributed by atoms with van der Waals surface area (Å²) in [5.74, 6) is 0.131. The molecule has 0 saturated heterocycles.